The lowest BCUT2D eigenvalue weighted by atomic mass is 10.1. The van der Waals surface area contributed by atoms with Gasteiger partial charge in [-0.25, -0.2) is 0 Å². The second-order valence-corrected chi connectivity index (χ2v) is 6.90. The van der Waals surface area contributed by atoms with E-state index in [0.717, 1.165) is 6.07 Å². The normalized spacial score (nSPS) is 12.0. The lowest BCUT2D eigenvalue weighted by Crippen LogP contribution is -2.13. The Morgan fingerprint density at radius 1 is 1.12 bits per heavy atom. The molecule has 0 saturated carbocycles. The highest BCUT2D eigenvalue weighted by atomic mass is 35.5. The zero-order valence-corrected chi connectivity index (χ0v) is 14.4. The molecular weight excluding hydrogens is 381 g/mol. The molecule has 2 aromatic carbocycles. The van der Waals surface area contributed by atoms with Gasteiger partial charge in [0, 0.05) is 12.0 Å². The summed E-state index contributed by atoms with van der Waals surface area (Å²) in [6.07, 6.45) is -4.45. The van der Waals surface area contributed by atoms with Gasteiger partial charge in [-0.05, 0) is 42.5 Å². The van der Waals surface area contributed by atoms with Gasteiger partial charge in [0.2, 0.25) is 0 Å². The Kier molecular flexibility index (Phi) is 5.43. The van der Waals surface area contributed by atoms with Crippen molar-refractivity contribution in [2.24, 2.45) is 0 Å². The molecule has 4 nitrogen and oxygen atoms in total. The Balaban J connectivity index is 2.35. The Hall–Kier alpha value is -2.06. The maximum atomic E-state index is 12.8. The van der Waals surface area contributed by atoms with Gasteiger partial charge in [0.25, 0.3) is 0 Å². The average molecular weight is 393 g/mol. The predicted octanol–water partition coefficient (Wildman–Crippen LogP) is 4.72. The molecule has 0 fully saturated rings. The van der Waals surface area contributed by atoms with E-state index in [1.165, 1.54) is 24.3 Å². The van der Waals surface area contributed by atoms with Crippen LogP contribution >= 0.6 is 11.6 Å². The van der Waals surface area contributed by atoms with Crippen molar-refractivity contribution in [3.63, 3.8) is 0 Å². The molecule has 0 bridgehead atoms. The number of benzene rings is 2. The lowest BCUT2D eigenvalue weighted by molar-refractivity contribution is -0.137. The molecular formula is C16H12ClF3O4S. The van der Waals surface area contributed by atoms with Crippen LogP contribution in [-0.4, -0.2) is 14.2 Å². The smallest absolute Gasteiger partial charge is 0.379 e. The van der Waals surface area contributed by atoms with Crippen LogP contribution in [0.25, 0.3) is 0 Å². The summed E-state index contributed by atoms with van der Waals surface area (Å²) in [5.74, 6) is -0.295. The fraction of sp³-hybridized carbons (Fsp3) is 0.188. The number of carbonyl (C=O) groups excluding carboxylic acids is 1. The van der Waals surface area contributed by atoms with E-state index in [9.17, 15) is 26.4 Å². The summed E-state index contributed by atoms with van der Waals surface area (Å²) in [5.41, 5.74) is -0.799. The fourth-order valence-corrected chi connectivity index (χ4v) is 3.38. The van der Waals surface area contributed by atoms with Gasteiger partial charge in [-0.3, -0.25) is 4.79 Å². The number of carbonyl (C=O) groups is 1. The largest absolute Gasteiger partial charge is 0.416 e. The molecule has 0 aliphatic rings. The van der Waals surface area contributed by atoms with E-state index in [0.29, 0.717) is 17.7 Å². The zero-order valence-electron chi connectivity index (χ0n) is 12.8. The SMILES string of the molecule is CCC(=O)c1ccc(OS(=O)(=O)c2cc(C(F)(F)F)ccc2Cl)cc1. The summed E-state index contributed by atoms with van der Waals surface area (Å²) < 4.78 is 67.6. The fourth-order valence-electron chi connectivity index (χ4n) is 1.94. The van der Waals surface area contributed by atoms with Crippen molar-refractivity contribution < 1.29 is 30.6 Å². The lowest BCUT2D eigenvalue weighted by Gasteiger charge is -2.12. The highest BCUT2D eigenvalue weighted by molar-refractivity contribution is 7.87. The van der Waals surface area contributed by atoms with Gasteiger partial charge in [-0.1, -0.05) is 18.5 Å². The van der Waals surface area contributed by atoms with E-state index in [1.54, 1.807) is 6.92 Å². The van der Waals surface area contributed by atoms with Crippen molar-refractivity contribution in [3.8, 4) is 5.75 Å². The molecule has 134 valence electrons. The molecule has 0 aliphatic heterocycles. The molecule has 0 heterocycles. The second kappa shape index (κ2) is 7.05. The second-order valence-electron chi connectivity index (χ2n) is 4.98. The number of ketones is 1. The molecule has 2 aromatic rings. The van der Waals surface area contributed by atoms with Crippen molar-refractivity contribution in [2.75, 3.05) is 0 Å². The summed E-state index contributed by atoms with van der Waals surface area (Å²) in [7, 11) is -4.58. The van der Waals surface area contributed by atoms with Crippen LogP contribution in [0.1, 0.15) is 29.3 Å². The minimum atomic E-state index is -4.73. The first kappa shape index (κ1) is 19.3. The molecule has 0 atom stereocenters. The highest BCUT2D eigenvalue weighted by Crippen LogP contribution is 2.34. The first-order valence-electron chi connectivity index (χ1n) is 6.99. The first-order chi connectivity index (χ1) is 11.5. The summed E-state index contributed by atoms with van der Waals surface area (Å²) in [5, 5.41) is -0.397. The first-order valence-corrected chi connectivity index (χ1v) is 8.77. The van der Waals surface area contributed by atoms with E-state index in [1.807, 2.05) is 0 Å². The number of hydrogen-bond acceptors (Lipinski definition) is 4. The van der Waals surface area contributed by atoms with Crippen molar-refractivity contribution >= 4 is 27.5 Å². The van der Waals surface area contributed by atoms with E-state index in [2.05, 4.69) is 0 Å². The molecule has 25 heavy (non-hydrogen) atoms. The molecule has 0 N–H and O–H groups in total. The Morgan fingerprint density at radius 2 is 1.72 bits per heavy atom. The highest BCUT2D eigenvalue weighted by Gasteiger charge is 2.33. The van der Waals surface area contributed by atoms with Gasteiger partial charge in [0.15, 0.2) is 5.78 Å². The van der Waals surface area contributed by atoms with Crippen LogP contribution in [0, 0.1) is 0 Å². The molecule has 0 unspecified atom stereocenters. The maximum absolute atomic E-state index is 12.8. The topological polar surface area (TPSA) is 60.4 Å². The zero-order chi connectivity index (χ0) is 18.8. The van der Waals surface area contributed by atoms with E-state index in [-0.39, 0.29) is 18.0 Å². The number of halogens is 4. The molecule has 9 heteroatoms. The minimum Gasteiger partial charge on any atom is -0.379 e. The van der Waals surface area contributed by atoms with E-state index in [4.69, 9.17) is 15.8 Å². The van der Waals surface area contributed by atoms with Crippen LogP contribution in [0.3, 0.4) is 0 Å². The van der Waals surface area contributed by atoms with Gasteiger partial charge in [-0.2, -0.15) is 21.6 Å². The van der Waals surface area contributed by atoms with Crippen molar-refractivity contribution in [1.82, 2.24) is 0 Å². The molecule has 0 aromatic heterocycles. The summed E-state index contributed by atoms with van der Waals surface area (Å²) in [6.45, 7) is 1.67. The average Bonchev–Trinajstić information content (AvgIpc) is 2.53. The van der Waals surface area contributed by atoms with Crippen molar-refractivity contribution in [2.45, 2.75) is 24.4 Å². The molecule has 0 aliphatic carbocycles. The quantitative estimate of drug-likeness (QED) is 0.545. The molecule has 0 radical (unpaired) electrons. The Bertz CT molecular complexity index is 891. The molecule has 0 spiro atoms. The predicted molar refractivity (Wildman–Crippen MR) is 85.3 cm³/mol. The van der Waals surface area contributed by atoms with Crippen LogP contribution < -0.4 is 4.18 Å². The van der Waals surface area contributed by atoms with Gasteiger partial charge in [0.05, 0.1) is 10.6 Å². The monoisotopic (exact) mass is 392 g/mol. The molecule has 0 amide bonds. The third-order valence-electron chi connectivity index (χ3n) is 3.23. The van der Waals surface area contributed by atoms with Crippen LogP contribution in [0.5, 0.6) is 5.75 Å². The van der Waals surface area contributed by atoms with E-state index >= 15 is 0 Å². The summed E-state index contributed by atoms with van der Waals surface area (Å²) in [4.78, 5) is 10.7. The standard InChI is InChI=1S/C16H12ClF3O4S/c1-2-14(21)10-3-6-12(7-4-10)24-25(22,23)15-9-11(16(18,19)20)5-8-13(15)17/h3-9H,2H2,1H3. The van der Waals surface area contributed by atoms with Crippen LogP contribution in [-0.2, 0) is 16.3 Å². The molecule has 2 rings (SSSR count). The number of rotatable bonds is 5. The van der Waals surface area contributed by atoms with Gasteiger partial charge in [-0.15, -0.1) is 0 Å². The number of alkyl halides is 3. The van der Waals surface area contributed by atoms with Gasteiger partial charge < -0.3 is 4.18 Å². The summed E-state index contributed by atoms with van der Waals surface area (Å²) >= 11 is 5.71. The Morgan fingerprint density at radius 3 is 2.24 bits per heavy atom. The third kappa shape index (κ3) is 4.52. The van der Waals surface area contributed by atoms with E-state index < -0.39 is 31.8 Å². The van der Waals surface area contributed by atoms with Crippen molar-refractivity contribution in [3.05, 3.63) is 58.6 Å². The minimum absolute atomic E-state index is 0.143. The van der Waals surface area contributed by atoms with Crippen LogP contribution in [0.2, 0.25) is 5.02 Å². The third-order valence-corrected chi connectivity index (χ3v) is 4.96. The number of hydrogen-bond donors (Lipinski definition) is 0. The van der Waals surface area contributed by atoms with Crippen LogP contribution in [0.4, 0.5) is 13.2 Å². The van der Waals surface area contributed by atoms with Gasteiger partial charge >= 0.3 is 16.3 Å². The summed E-state index contributed by atoms with van der Waals surface area (Å²) in [6, 6.07) is 7.13. The maximum Gasteiger partial charge on any atom is 0.416 e. The van der Waals surface area contributed by atoms with Gasteiger partial charge in [0.1, 0.15) is 10.6 Å². The molecule has 0 saturated heterocycles. The number of Topliss-reactive ketones (excluding diaryl/α,β-unsaturated/α-hetero) is 1. The van der Waals surface area contributed by atoms with Crippen LogP contribution in [0.15, 0.2) is 47.4 Å². The van der Waals surface area contributed by atoms with Crippen molar-refractivity contribution in [1.29, 1.82) is 0 Å². The Labute approximate surface area is 147 Å².